The molecule has 0 aromatic heterocycles. The molecule has 38 heavy (non-hydrogen) atoms. The van der Waals surface area contributed by atoms with Crippen LogP contribution in [0, 0.1) is 5.92 Å². The lowest BCUT2D eigenvalue weighted by molar-refractivity contribution is -0.138. The fraction of sp³-hybridized carbons (Fsp3) is 0.500. The molecular formula is C30H38F3NO4. The first-order valence-electron chi connectivity index (χ1n) is 13.1. The van der Waals surface area contributed by atoms with E-state index in [4.69, 9.17) is 4.74 Å². The maximum Gasteiger partial charge on any atom is 0.416 e. The Balaban J connectivity index is 1.61. The Bertz CT molecular complexity index is 1120. The number of nitrogens with one attached hydrogen (secondary N) is 1. The number of aliphatic hydroxyl groups excluding tert-OH is 1. The lowest BCUT2D eigenvalue weighted by atomic mass is 9.88. The van der Waals surface area contributed by atoms with Crippen molar-refractivity contribution in [2.24, 2.45) is 5.92 Å². The smallest absolute Gasteiger partial charge is 0.416 e. The van der Waals surface area contributed by atoms with Gasteiger partial charge in [0.2, 0.25) is 0 Å². The maximum atomic E-state index is 13.7. The summed E-state index contributed by atoms with van der Waals surface area (Å²) in [5.41, 5.74) is 1.52. The minimum atomic E-state index is -4.66. The summed E-state index contributed by atoms with van der Waals surface area (Å²) in [6.45, 7) is 7.56. The van der Waals surface area contributed by atoms with Crippen molar-refractivity contribution in [1.82, 2.24) is 5.32 Å². The number of carboxylic acids is 1. The van der Waals surface area contributed by atoms with Crippen molar-refractivity contribution >= 4 is 12.0 Å². The molecule has 8 heteroatoms. The van der Waals surface area contributed by atoms with E-state index in [1.165, 1.54) is 23.3 Å². The van der Waals surface area contributed by atoms with E-state index in [0.29, 0.717) is 5.92 Å². The summed E-state index contributed by atoms with van der Waals surface area (Å²) in [7, 11) is 0. The molecule has 0 spiro atoms. The van der Waals surface area contributed by atoms with Crippen molar-refractivity contribution in [2.75, 3.05) is 13.2 Å². The third-order valence-corrected chi connectivity index (χ3v) is 7.15. The molecule has 2 atom stereocenters. The predicted molar refractivity (Wildman–Crippen MR) is 142 cm³/mol. The number of alkyl halides is 3. The first-order valence-corrected chi connectivity index (χ1v) is 13.1. The van der Waals surface area contributed by atoms with Gasteiger partial charge in [-0.1, -0.05) is 43.3 Å². The zero-order valence-corrected chi connectivity index (χ0v) is 22.4. The zero-order valence-electron chi connectivity index (χ0n) is 22.4. The van der Waals surface area contributed by atoms with E-state index in [9.17, 15) is 28.2 Å². The van der Waals surface area contributed by atoms with Crippen LogP contribution in [0.1, 0.15) is 74.5 Å². The molecule has 2 aromatic carbocycles. The standard InChI is InChI=1S/C30H38F3NO4/c1-5-21(28(36)37)15-26-25(11-8-12-27(26)30(31,32)33)19(2)38-18-24(35)17-34-29(3,4)16-20-13-22-9-6-7-10-23(22)14-20/h6-12,15,19-20,24,34-35H,5,13-14,16-18H2,1-4H3,(H,36,37)/t19-,24-/m1/s1. The molecule has 3 N–H and O–H groups in total. The molecule has 0 unspecified atom stereocenters. The summed E-state index contributed by atoms with van der Waals surface area (Å²) < 4.78 is 47.0. The Morgan fingerprint density at radius 1 is 1.13 bits per heavy atom. The number of aliphatic carboxylic acids is 1. The highest BCUT2D eigenvalue weighted by Gasteiger charge is 2.35. The first kappa shape index (κ1) is 29.9. The average molecular weight is 534 g/mol. The van der Waals surface area contributed by atoms with Gasteiger partial charge in [-0.2, -0.15) is 13.2 Å². The highest BCUT2D eigenvalue weighted by atomic mass is 19.4. The molecule has 0 bridgehead atoms. The van der Waals surface area contributed by atoms with Gasteiger partial charge in [0.05, 0.1) is 24.4 Å². The summed E-state index contributed by atoms with van der Waals surface area (Å²) in [5.74, 6) is -0.746. The quantitative estimate of drug-likeness (QED) is 0.283. The molecule has 0 amide bonds. The highest BCUT2D eigenvalue weighted by Crippen LogP contribution is 2.37. The second-order valence-corrected chi connectivity index (χ2v) is 10.8. The van der Waals surface area contributed by atoms with Gasteiger partial charge in [0.25, 0.3) is 0 Å². The van der Waals surface area contributed by atoms with E-state index in [1.807, 2.05) is 0 Å². The molecule has 1 aliphatic rings. The lowest BCUT2D eigenvalue weighted by Crippen LogP contribution is -2.45. The normalized spacial score (nSPS) is 16.4. The molecule has 3 rings (SSSR count). The molecule has 2 aromatic rings. The summed E-state index contributed by atoms with van der Waals surface area (Å²) in [4.78, 5) is 11.5. The van der Waals surface area contributed by atoms with Crippen LogP contribution in [0.25, 0.3) is 6.08 Å². The van der Waals surface area contributed by atoms with Crippen LogP contribution in [0.3, 0.4) is 0 Å². The van der Waals surface area contributed by atoms with Gasteiger partial charge in [0.1, 0.15) is 0 Å². The Morgan fingerprint density at radius 2 is 1.76 bits per heavy atom. The number of fused-ring (bicyclic) bond motifs is 1. The van der Waals surface area contributed by atoms with Crippen molar-refractivity contribution < 1.29 is 32.9 Å². The fourth-order valence-corrected chi connectivity index (χ4v) is 5.22. The van der Waals surface area contributed by atoms with Gasteiger partial charge in [-0.3, -0.25) is 0 Å². The van der Waals surface area contributed by atoms with E-state index < -0.39 is 29.9 Å². The van der Waals surface area contributed by atoms with Crippen molar-refractivity contribution in [3.8, 4) is 0 Å². The lowest BCUT2D eigenvalue weighted by Gasteiger charge is -2.31. The van der Waals surface area contributed by atoms with Crippen molar-refractivity contribution in [2.45, 2.75) is 77.3 Å². The number of hydrogen-bond donors (Lipinski definition) is 3. The van der Waals surface area contributed by atoms with Crippen molar-refractivity contribution in [3.05, 3.63) is 75.9 Å². The molecule has 0 saturated carbocycles. The second kappa shape index (κ2) is 12.5. The zero-order chi connectivity index (χ0) is 28.1. The molecule has 208 valence electrons. The van der Waals surface area contributed by atoms with Crippen molar-refractivity contribution in [3.63, 3.8) is 0 Å². The summed E-state index contributed by atoms with van der Waals surface area (Å²) in [6, 6.07) is 12.2. The maximum absolute atomic E-state index is 13.7. The van der Waals surface area contributed by atoms with Crippen LogP contribution >= 0.6 is 0 Å². The van der Waals surface area contributed by atoms with Gasteiger partial charge in [-0.05, 0) is 86.8 Å². The third kappa shape index (κ3) is 7.91. The molecule has 5 nitrogen and oxygen atoms in total. The monoisotopic (exact) mass is 533 g/mol. The van der Waals surface area contributed by atoms with E-state index in [-0.39, 0.29) is 41.8 Å². The Kier molecular flexibility index (Phi) is 9.79. The van der Waals surface area contributed by atoms with Crippen LogP contribution in [0.5, 0.6) is 0 Å². The van der Waals surface area contributed by atoms with Crippen molar-refractivity contribution in [1.29, 1.82) is 0 Å². The fourth-order valence-electron chi connectivity index (χ4n) is 5.22. The Labute approximate surface area is 222 Å². The van der Waals surface area contributed by atoms with E-state index in [2.05, 4.69) is 43.4 Å². The van der Waals surface area contributed by atoms with E-state index in [1.54, 1.807) is 13.8 Å². The number of carboxylic acid groups (broad SMARTS) is 1. The van der Waals surface area contributed by atoms with Crippen LogP contribution in [0.4, 0.5) is 13.2 Å². The number of aliphatic hydroxyl groups is 1. The highest BCUT2D eigenvalue weighted by molar-refractivity contribution is 5.92. The minimum absolute atomic E-state index is 0.0727. The summed E-state index contributed by atoms with van der Waals surface area (Å²) >= 11 is 0. The second-order valence-electron chi connectivity index (χ2n) is 10.8. The predicted octanol–water partition coefficient (Wildman–Crippen LogP) is 6.20. The third-order valence-electron chi connectivity index (χ3n) is 7.15. The van der Waals surface area contributed by atoms with Gasteiger partial charge in [0.15, 0.2) is 0 Å². The van der Waals surface area contributed by atoms with Gasteiger partial charge >= 0.3 is 12.1 Å². The molecule has 0 heterocycles. The van der Waals surface area contributed by atoms with Crippen LogP contribution in [0.2, 0.25) is 0 Å². The van der Waals surface area contributed by atoms with Gasteiger partial charge < -0.3 is 20.3 Å². The number of rotatable bonds is 12. The minimum Gasteiger partial charge on any atom is -0.478 e. The van der Waals surface area contributed by atoms with E-state index >= 15 is 0 Å². The van der Waals surface area contributed by atoms with Crippen LogP contribution in [-0.4, -0.2) is 41.0 Å². The van der Waals surface area contributed by atoms with Crippen LogP contribution < -0.4 is 5.32 Å². The SMILES string of the molecule is CCC(=Cc1c([C@@H](C)OC[C@H](O)CNC(C)(C)CC2Cc3ccccc3C2)cccc1C(F)(F)F)C(=O)O. The molecule has 0 saturated heterocycles. The molecule has 0 fully saturated rings. The number of ether oxygens (including phenoxy) is 1. The topological polar surface area (TPSA) is 78.8 Å². The number of halogens is 3. The molecular weight excluding hydrogens is 495 g/mol. The van der Waals surface area contributed by atoms with Crippen LogP contribution in [0.15, 0.2) is 48.0 Å². The largest absolute Gasteiger partial charge is 0.478 e. The molecule has 0 aliphatic heterocycles. The first-order chi connectivity index (χ1) is 17.8. The number of benzene rings is 2. The Hall–Kier alpha value is -2.68. The number of β-amino-alcohol motifs (C(OH)–C–C–N with tert-alkyl or cyclic N) is 1. The average Bonchev–Trinajstić information content (AvgIpc) is 3.25. The number of hydrogen-bond acceptors (Lipinski definition) is 4. The molecule has 0 radical (unpaired) electrons. The van der Waals surface area contributed by atoms with Gasteiger partial charge in [0, 0.05) is 17.7 Å². The van der Waals surface area contributed by atoms with Gasteiger partial charge in [-0.15, -0.1) is 0 Å². The Morgan fingerprint density at radius 3 is 2.32 bits per heavy atom. The summed E-state index contributed by atoms with van der Waals surface area (Å²) in [5, 5.41) is 23.3. The van der Waals surface area contributed by atoms with Crippen LogP contribution in [-0.2, 0) is 28.5 Å². The number of carbonyl (C=O) groups is 1. The van der Waals surface area contributed by atoms with E-state index in [0.717, 1.165) is 31.4 Å². The van der Waals surface area contributed by atoms with Gasteiger partial charge in [-0.25, -0.2) is 4.79 Å². The molecule has 1 aliphatic carbocycles. The summed E-state index contributed by atoms with van der Waals surface area (Å²) in [6.07, 6.45) is -2.16.